The van der Waals surface area contributed by atoms with Crippen molar-refractivity contribution in [2.45, 2.75) is 38.8 Å². The van der Waals surface area contributed by atoms with Crippen molar-refractivity contribution in [3.05, 3.63) is 69.8 Å². The lowest BCUT2D eigenvalue weighted by atomic mass is 9.95. The van der Waals surface area contributed by atoms with Gasteiger partial charge in [0.25, 0.3) is 5.91 Å². The van der Waals surface area contributed by atoms with E-state index >= 15 is 0 Å². The van der Waals surface area contributed by atoms with Crippen molar-refractivity contribution in [2.24, 2.45) is 0 Å². The Hall–Kier alpha value is -2.90. The van der Waals surface area contributed by atoms with Crippen molar-refractivity contribution in [3.63, 3.8) is 0 Å². The average molecular weight is 452 g/mol. The molecule has 1 N–H and O–H groups in total. The van der Waals surface area contributed by atoms with E-state index in [1.165, 1.54) is 0 Å². The van der Waals surface area contributed by atoms with Crippen molar-refractivity contribution in [1.82, 2.24) is 24.6 Å². The van der Waals surface area contributed by atoms with E-state index in [1.54, 1.807) is 18.2 Å². The van der Waals surface area contributed by atoms with Crippen LogP contribution < -0.4 is 0 Å². The quantitative estimate of drug-likeness (QED) is 0.639. The molecule has 1 aromatic heterocycles. The zero-order valence-electron chi connectivity index (χ0n) is 18.3. The molecule has 3 aromatic rings. The molecule has 1 saturated heterocycles. The predicted octanol–water partition coefficient (Wildman–Crippen LogP) is 3.90. The molecule has 0 atom stereocenters. The molecule has 2 aliphatic rings. The van der Waals surface area contributed by atoms with Crippen LogP contribution in [0.1, 0.15) is 51.9 Å². The number of halogens is 1. The van der Waals surface area contributed by atoms with Gasteiger partial charge in [0.1, 0.15) is 11.6 Å². The molecule has 0 spiro atoms. The number of piperidine rings is 1. The minimum atomic E-state index is -0.119. The van der Waals surface area contributed by atoms with Gasteiger partial charge in [-0.3, -0.25) is 14.3 Å². The highest BCUT2D eigenvalue weighted by Crippen LogP contribution is 2.34. The van der Waals surface area contributed by atoms with Crippen LogP contribution in [0.5, 0.6) is 5.75 Å². The van der Waals surface area contributed by atoms with Crippen LogP contribution in [-0.4, -0.2) is 55.7 Å². The number of aromatic hydroxyl groups is 1. The Morgan fingerprint density at radius 2 is 1.88 bits per heavy atom. The highest BCUT2D eigenvalue weighted by molar-refractivity contribution is 6.30. The minimum Gasteiger partial charge on any atom is -0.507 e. The van der Waals surface area contributed by atoms with Crippen LogP contribution in [0, 0.1) is 6.92 Å². The van der Waals surface area contributed by atoms with Gasteiger partial charge in [0.15, 0.2) is 5.82 Å². The van der Waals surface area contributed by atoms with E-state index in [4.69, 9.17) is 11.6 Å². The van der Waals surface area contributed by atoms with E-state index in [2.05, 4.69) is 26.7 Å². The van der Waals surface area contributed by atoms with Gasteiger partial charge in [-0.1, -0.05) is 23.2 Å². The molecular formula is C24H26ClN5O2. The number of phenolic OH excluding ortho intramolecular Hbond substituents is 1. The van der Waals surface area contributed by atoms with Crippen molar-refractivity contribution in [3.8, 4) is 11.4 Å². The van der Waals surface area contributed by atoms with Gasteiger partial charge in [-0.25, -0.2) is 0 Å². The number of benzene rings is 2. The van der Waals surface area contributed by atoms with Crippen LogP contribution in [0.3, 0.4) is 0 Å². The molecule has 5 rings (SSSR count). The first-order valence-corrected chi connectivity index (χ1v) is 11.3. The lowest BCUT2D eigenvalue weighted by molar-refractivity contribution is 0.0707. The number of hydrogen-bond donors (Lipinski definition) is 1. The number of fused-ring (bicyclic) bond motifs is 3. The molecule has 0 aliphatic carbocycles. The molecule has 166 valence electrons. The van der Waals surface area contributed by atoms with E-state index < -0.39 is 0 Å². The van der Waals surface area contributed by atoms with Crippen LogP contribution in [0.4, 0.5) is 0 Å². The number of aryl methyl sites for hydroxylation is 1. The van der Waals surface area contributed by atoms with Gasteiger partial charge >= 0.3 is 0 Å². The second-order valence-electron chi connectivity index (χ2n) is 8.84. The van der Waals surface area contributed by atoms with Gasteiger partial charge in [0.05, 0.1) is 17.8 Å². The number of carbonyl (C=O) groups is 1. The minimum absolute atomic E-state index is 0.0323. The number of carbonyl (C=O) groups excluding carboxylic acids is 1. The average Bonchev–Trinajstić information content (AvgIpc) is 3.12. The molecule has 32 heavy (non-hydrogen) atoms. The third-order valence-electron chi connectivity index (χ3n) is 6.42. The second-order valence-corrected chi connectivity index (χ2v) is 9.28. The summed E-state index contributed by atoms with van der Waals surface area (Å²) in [5.74, 6) is 1.99. The Labute approximate surface area is 192 Å². The number of likely N-dealkylation sites (tertiary alicyclic amines) is 1. The third-order valence-corrected chi connectivity index (χ3v) is 6.65. The first-order chi connectivity index (χ1) is 15.4. The number of phenols is 1. The Morgan fingerprint density at radius 3 is 2.66 bits per heavy atom. The fourth-order valence-corrected chi connectivity index (χ4v) is 4.97. The van der Waals surface area contributed by atoms with E-state index in [0.29, 0.717) is 25.2 Å². The number of hydrogen-bond acceptors (Lipinski definition) is 5. The van der Waals surface area contributed by atoms with Crippen LogP contribution in [0.25, 0.3) is 5.69 Å². The van der Waals surface area contributed by atoms with Gasteiger partial charge < -0.3 is 10.0 Å². The van der Waals surface area contributed by atoms with Gasteiger partial charge in [-0.05, 0) is 62.7 Å². The molecule has 8 heteroatoms. The standard InChI is InChI=1S/C24H26ClN5O2/c1-15-3-6-21(31)19(11-15)24(32)29-9-7-16(8-10-29)23-27-26-22-14-28(2)13-17-12-18(25)4-5-20(17)30(22)23/h3-6,11-12,16,31H,7-10,13-14H2,1-2H3. The molecule has 7 nitrogen and oxygen atoms in total. The van der Waals surface area contributed by atoms with E-state index in [-0.39, 0.29) is 17.6 Å². The van der Waals surface area contributed by atoms with Crippen LogP contribution in [0.2, 0.25) is 5.02 Å². The Morgan fingerprint density at radius 1 is 1.09 bits per heavy atom. The van der Waals surface area contributed by atoms with Gasteiger partial charge in [0.2, 0.25) is 0 Å². The molecule has 0 unspecified atom stereocenters. The van der Waals surface area contributed by atoms with E-state index in [0.717, 1.165) is 52.9 Å². The highest BCUT2D eigenvalue weighted by Gasteiger charge is 2.31. The van der Waals surface area contributed by atoms with Crippen LogP contribution >= 0.6 is 11.6 Å². The summed E-state index contributed by atoms with van der Waals surface area (Å²) in [5.41, 5.74) is 3.56. The smallest absolute Gasteiger partial charge is 0.257 e. The normalized spacial score (nSPS) is 17.0. The topological polar surface area (TPSA) is 74.5 Å². The van der Waals surface area contributed by atoms with Gasteiger partial charge in [-0.2, -0.15) is 0 Å². The third kappa shape index (κ3) is 3.76. The number of rotatable bonds is 2. The Bertz CT molecular complexity index is 1180. The summed E-state index contributed by atoms with van der Waals surface area (Å²) < 4.78 is 2.18. The van der Waals surface area contributed by atoms with Crippen molar-refractivity contribution < 1.29 is 9.90 Å². The van der Waals surface area contributed by atoms with Crippen molar-refractivity contribution in [2.75, 3.05) is 20.1 Å². The van der Waals surface area contributed by atoms with E-state index in [9.17, 15) is 9.90 Å². The molecular weight excluding hydrogens is 426 g/mol. The predicted molar refractivity (Wildman–Crippen MR) is 122 cm³/mol. The van der Waals surface area contributed by atoms with Crippen molar-refractivity contribution >= 4 is 17.5 Å². The highest BCUT2D eigenvalue weighted by atomic mass is 35.5. The lowest BCUT2D eigenvalue weighted by Gasteiger charge is -2.32. The molecule has 0 bridgehead atoms. The molecule has 0 radical (unpaired) electrons. The summed E-state index contributed by atoms with van der Waals surface area (Å²) in [5, 5.41) is 20.0. The maximum Gasteiger partial charge on any atom is 0.257 e. The Kier molecular flexibility index (Phi) is 5.39. The molecule has 2 aliphatic heterocycles. The zero-order chi connectivity index (χ0) is 22.4. The molecule has 1 fully saturated rings. The first kappa shape index (κ1) is 21.0. The zero-order valence-corrected chi connectivity index (χ0v) is 19.0. The summed E-state index contributed by atoms with van der Waals surface area (Å²) in [4.78, 5) is 17.0. The maximum atomic E-state index is 13.0. The summed E-state index contributed by atoms with van der Waals surface area (Å²) in [6, 6.07) is 11.1. The first-order valence-electron chi connectivity index (χ1n) is 10.9. The van der Waals surface area contributed by atoms with Crippen LogP contribution in [0.15, 0.2) is 36.4 Å². The fraction of sp³-hybridized carbons (Fsp3) is 0.375. The summed E-state index contributed by atoms with van der Waals surface area (Å²) in [7, 11) is 2.07. The van der Waals surface area contributed by atoms with Crippen molar-refractivity contribution in [1.29, 1.82) is 0 Å². The molecule has 0 saturated carbocycles. The largest absolute Gasteiger partial charge is 0.507 e. The maximum absolute atomic E-state index is 13.0. The summed E-state index contributed by atoms with van der Waals surface area (Å²) in [6.45, 7) is 4.66. The summed E-state index contributed by atoms with van der Waals surface area (Å²) in [6.07, 6.45) is 1.60. The second kappa shape index (κ2) is 8.22. The molecule has 1 amide bonds. The van der Waals surface area contributed by atoms with Gasteiger partial charge in [0, 0.05) is 30.6 Å². The number of amides is 1. The Balaban J connectivity index is 1.40. The van der Waals surface area contributed by atoms with Gasteiger partial charge in [-0.15, -0.1) is 10.2 Å². The lowest BCUT2D eigenvalue weighted by Crippen LogP contribution is -2.38. The summed E-state index contributed by atoms with van der Waals surface area (Å²) >= 11 is 6.27. The van der Waals surface area contributed by atoms with Crippen LogP contribution in [-0.2, 0) is 13.1 Å². The number of aromatic nitrogens is 3. The fourth-order valence-electron chi connectivity index (χ4n) is 4.78. The molecule has 3 heterocycles. The number of nitrogens with zero attached hydrogens (tertiary/aromatic N) is 5. The monoisotopic (exact) mass is 451 g/mol. The SMILES string of the molecule is Cc1ccc(O)c(C(=O)N2CCC(c3nnc4n3-c3ccc(Cl)cc3CN(C)C4)CC2)c1. The molecule has 2 aromatic carbocycles. The van der Waals surface area contributed by atoms with E-state index in [1.807, 2.05) is 30.0 Å².